The lowest BCUT2D eigenvalue weighted by molar-refractivity contribution is -0.176. The Labute approximate surface area is 148 Å². The standard InChI is InChI=1S/C20H28O5/c1-18-8-4-9-20(3,17(23)24)13(18)7-10-19(2)12(18)6-5-11-14(19)16(22)25-15(11)21/h12-13,15,21H,4-10H2,1-3H3,(H,23,24)/t12?,13?,15?,18-,19-,20+/m1/s1. The van der Waals surface area contributed by atoms with Gasteiger partial charge in [0.05, 0.1) is 5.41 Å². The highest BCUT2D eigenvalue weighted by Gasteiger charge is 2.64. The Hall–Kier alpha value is -1.36. The van der Waals surface area contributed by atoms with Crippen molar-refractivity contribution in [1.29, 1.82) is 0 Å². The van der Waals surface area contributed by atoms with E-state index in [1.54, 1.807) is 0 Å². The maximum atomic E-state index is 12.4. The number of carboxylic acids is 1. The molecule has 0 aromatic rings. The van der Waals surface area contributed by atoms with Crippen molar-refractivity contribution in [3.8, 4) is 0 Å². The summed E-state index contributed by atoms with van der Waals surface area (Å²) in [6.45, 7) is 6.31. The van der Waals surface area contributed by atoms with Crippen LogP contribution in [-0.4, -0.2) is 28.4 Å². The van der Waals surface area contributed by atoms with Crippen LogP contribution in [0.3, 0.4) is 0 Å². The summed E-state index contributed by atoms with van der Waals surface area (Å²) in [4.78, 5) is 24.5. The molecule has 4 aliphatic rings. The molecule has 6 atom stereocenters. The highest BCUT2D eigenvalue weighted by atomic mass is 16.6. The second-order valence-corrected chi connectivity index (χ2v) is 9.34. The summed E-state index contributed by atoms with van der Waals surface area (Å²) in [5.41, 5.74) is 0.370. The molecule has 25 heavy (non-hydrogen) atoms. The molecule has 0 aromatic carbocycles. The molecule has 2 fully saturated rings. The number of cyclic esters (lactones) is 1. The van der Waals surface area contributed by atoms with Gasteiger partial charge in [-0.05, 0) is 62.7 Å². The number of fused-ring (bicyclic) bond motifs is 4. The first-order valence-corrected chi connectivity index (χ1v) is 9.50. The molecule has 5 heteroatoms. The number of aliphatic carboxylic acids is 1. The minimum atomic E-state index is -1.08. The van der Waals surface area contributed by atoms with E-state index in [2.05, 4.69) is 13.8 Å². The van der Waals surface area contributed by atoms with E-state index >= 15 is 0 Å². The van der Waals surface area contributed by atoms with E-state index in [0.717, 1.165) is 44.1 Å². The predicted molar refractivity (Wildman–Crippen MR) is 90.4 cm³/mol. The van der Waals surface area contributed by atoms with E-state index < -0.39 is 17.7 Å². The SMILES string of the molecule is C[C@]12CCC[C@](C)(C(=O)O)C1CC[C@@]1(C)C3=C(CCC21)C(O)OC3=O. The zero-order chi connectivity index (χ0) is 18.2. The molecule has 4 rings (SSSR count). The molecular formula is C20H28O5. The smallest absolute Gasteiger partial charge is 0.337 e. The molecule has 2 N–H and O–H groups in total. The maximum Gasteiger partial charge on any atom is 0.337 e. The Morgan fingerprint density at radius 1 is 1.12 bits per heavy atom. The molecule has 1 aliphatic heterocycles. The lowest BCUT2D eigenvalue weighted by Gasteiger charge is -2.63. The summed E-state index contributed by atoms with van der Waals surface area (Å²) in [5, 5.41) is 20.0. The van der Waals surface area contributed by atoms with Crippen LogP contribution in [0.5, 0.6) is 0 Å². The number of hydrogen-bond acceptors (Lipinski definition) is 4. The van der Waals surface area contributed by atoms with Crippen molar-refractivity contribution in [2.75, 3.05) is 0 Å². The van der Waals surface area contributed by atoms with Crippen LogP contribution >= 0.6 is 0 Å². The van der Waals surface area contributed by atoms with Crippen molar-refractivity contribution in [2.45, 2.75) is 72.0 Å². The summed E-state index contributed by atoms with van der Waals surface area (Å²) in [7, 11) is 0. The van der Waals surface area contributed by atoms with Crippen molar-refractivity contribution >= 4 is 11.9 Å². The Morgan fingerprint density at radius 3 is 2.52 bits per heavy atom. The molecule has 0 saturated heterocycles. The van der Waals surface area contributed by atoms with Crippen molar-refractivity contribution in [3.05, 3.63) is 11.1 Å². The van der Waals surface area contributed by atoms with E-state index in [4.69, 9.17) is 4.74 Å². The Morgan fingerprint density at radius 2 is 1.84 bits per heavy atom. The third-order valence-corrected chi connectivity index (χ3v) is 8.30. The minimum Gasteiger partial charge on any atom is -0.481 e. The maximum absolute atomic E-state index is 12.4. The number of esters is 1. The molecule has 2 saturated carbocycles. The van der Waals surface area contributed by atoms with Crippen LogP contribution < -0.4 is 0 Å². The average molecular weight is 348 g/mol. The fourth-order valence-electron chi connectivity index (χ4n) is 7.16. The third kappa shape index (κ3) is 1.99. The van der Waals surface area contributed by atoms with Gasteiger partial charge in [0.1, 0.15) is 0 Å². The summed E-state index contributed by atoms with van der Waals surface area (Å²) < 4.78 is 5.12. The van der Waals surface area contributed by atoms with E-state index in [1.165, 1.54) is 0 Å². The van der Waals surface area contributed by atoms with Crippen LogP contribution in [0.15, 0.2) is 11.1 Å². The van der Waals surface area contributed by atoms with Gasteiger partial charge in [0.2, 0.25) is 6.29 Å². The van der Waals surface area contributed by atoms with Crippen LogP contribution in [0.4, 0.5) is 0 Å². The van der Waals surface area contributed by atoms with Gasteiger partial charge in [0.15, 0.2) is 0 Å². The molecule has 0 aromatic heterocycles. The van der Waals surface area contributed by atoms with Crippen molar-refractivity contribution < 1.29 is 24.5 Å². The van der Waals surface area contributed by atoms with Crippen LogP contribution in [-0.2, 0) is 14.3 Å². The molecule has 1 heterocycles. The number of aliphatic hydroxyl groups is 1. The normalized spacial score (nSPS) is 49.1. The number of ether oxygens (including phenoxy) is 1. The highest BCUT2D eigenvalue weighted by molar-refractivity contribution is 5.94. The zero-order valence-electron chi connectivity index (χ0n) is 15.3. The number of aliphatic hydroxyl groups excluding tert-OH is 1. The minimum absolute atomic E-state index is 0.0925. The number of carbonyl (C=O) groups excluding carboxylic acids is 1. The Kier molecular flexibility index (Phi) is 3.48. The second-order valence-electron chi connectivity index (χ2n) is 9.34. The molecule has 0 spiro atoms. The first-order valence-electron chi connectivity index (χ1n) is 9.50. The fraction of sp³-hybridized carbons (Fsp3) is 0.800. The predicted octanol–water partition coefficient (Wildman–Crippen LogP) is 3.27. The highest BCUT2D eigenvalue weighted by Crippen LogP contribution is 2.69. The van der Waals surface area contributed by atoms with Crippen LogP contribution in [0.25, 0.3) is 0 Å². The molecule has 0 radical (unpaired) electrons. The van der Waals surface area contributed by atoms with Gasteiger partial charge in [-0.2, -0.15) is 0 Å². The quantitative estimate of drug-likeness (QED) is 0.711. The van der Waals surface area contributed by atoms with E-state index in [9.17, 15) is 19.8 Å². The van der Waals surface area contributed by atoms with Crippen molar-refractivity contribution in [3.63, 3.8) is 0 Å². The summed E-state index contributed by atoms with van der Waals surface area (Å²) in [6.07, 6.45) is 4.76. The van der Waals surface area contributed by atoms with Gasteiger partial charge in [0, 0.05) is 16.6 Å². The van der Waals surface area contributed by atoms with Gasteiger partial charge in [0.25, 0.3) is 0 Å². The number of carbonyl (C=O) groups is 2. The fourth-order valence-corrected chi connectivity index (χ4v) is 7.16. The van der Waals surface area contributed by atoms with Gasteiger partial charge in [-0.1, -0.05) is 20.3 Å². The lowest BCUT2D eigenvalue weighted by Crippen LogP contribution is -2.58. The van der Waals surface area contributed by atoms with E-state index in [0.29, 0.717) is 12.0 Å². The topological polar surface area (TPSA) is 83.8 Å². The van der Waals surface area contributed by atoms with Crippen LogP contribution in [0.1, 0.15) is 65.7 Å². The van der Waals surface area contributed by atoms with Gasteiger partial charge in [-0.3, -0.25) is 4.79 Å². The van der Waals surface area contributed by atoms with Gasteiger partial charge in [-0.15, -0.1) is 0 Å². The molecule has 3 aliphatic carbocycles. The van der Waals surface area contributed by atoms with Crippen LogP contribution in [0.2, 0.25) is 0 Å². The largest absolute Gasteiger partial charge is 0.481 e. The summed E-state index contributed by atoms with van der Waals surface area (Å²) in [6, 6.07) is 0. The van der Waals surface area contributed by atoms with E-state index in [1.807, 2.05) is 6.92 Å². The number of hydrogen-bond donors (Lipinski definition) is 2. The lowest BCUT2D eigenvalue weighted by atomic mass is 9.40. The summed E-state index contributed by atoms with van der Waals surface area (Å²) in [5.74, 6) is -0.657. The third-order valence-electron chi connectivity index (χ3n) is 8.30. The molecule has 138 valence electrons. The zero-order valence-corrected chi connectivity index (χ0v) is 15.3. The Bertz CT molecular complexity index is 682. The number of rotatable bonds is 1. The molecule has 5 nitrogen and oxygen atoms in total. The first kappa shape index (κ1) is 17.1. The average Bonchev–Trinajstić information content (AvgIpc) is 2.82. The van der Waals surface area contributed by atoms with Crippen molar-refractivity contribution in [2.24, 2.45) is 28.1 Å². The van der Waals surface area contributed by atoms with Gasteiger partial charge < -0.3 is 14.9 Å². The van der Waals surface area contributed by atoms with Crippen molar-refractivity contribution in [1.82, 2.24) is 0 Å². The van der Waals surface area contributed by atoms with E-state index in [-0.39, 0.29) is 28.6 Å². The molecule has 0 bridgehead atoms. The summed E-state index contributed by atoms with van der Waals surface area (Å²) >= 11 is 0. The Balaban J connectivity index is 1.79. The number of carboxylic acid groups (broad SMARTS) is 1. The first-order chi connectivity index (χ1) is 11.6. The second kappa shape index (κ2) is 5.09. The van der Waals surface area contributed by atoms with Gasteiger partial charge >= 0.3 is 11.9 Å². The molecule has 0 amide bonds. The molecule has 3 unspecified atom stereocenters. The van der Waals surface area contributed by atoms with Crippen LogP contribution in [0, 0.1) is 28.1 Å². The van der Waals surface area contributed by atoms with Gasteiger partial charge in [-0.25, -0.2) is 4.79 Å². The monoisotopic (exact) mass is 348 g/mol. The molecular weight excluding hydrogens is 320 g/mol.